The summed E-state index contributed by atoms with van der Waals surface area (Å²) in [6.07, 6.45) is 1.87. The molecule has 0 saturated carbocycles. The van der Waals surface area contributed by atoms with Crippen LogP contribution in [0.2, 0.25) is 0 Å². The van der Waals surface area contributed by atoms with E-state index in [4.69, 9.17) is 4.74 Å². The van der Waals surface area contributed by atoms with Crippen LogP contribution >= 0.6 is 11.8 Å². The van der Waals surface area contributed by atoms with Crippen LogP contribution in [0.3, 0.4) is 0 Å². The molecule has 2 nitrogen and oxygen atoms in total. The number of ether oxygens (including phenoxy) is 1. The molecule has 3 heteroatoms. The van der Waals surface area contributed by atoms with Crippen LogP contribution in [0.15, 0.2) is 24.3 Å². The van der Waals surface area contributed by atoms with E-state index in [2.05, 4.69) is 0 Å². The first-order valence-electron chi connectivity index (χ1n) is 3.62. The van der Waals surface area contributed by atoms with Crippen molar-refractivity contribution in [1.82, 2.24) is 0 Å². The van der Waals surface area contributed by atoms with E-state index in [0.29, 0.717) is 0 Å². The number of aliphatic hydroxyl groups is 1. The van der Waals surface area contributed by atoms with E-state index in [-0.39, 0.29) is 0 Å². The first-order valence-corrected chi connectivity index (χ1v) is 4.91. The van der Waals surface area contributed by atoms with Crippen LogP contribution < -0.4 is 4.74 Å². The van der Waals surface area contributed by atoms with Crippen molar-refractivity contribution in [3.8, 4) is 5.75 Å². The van der Waals surface area contributed by atoms with Gasteiger partial charge in [0.2, 0.25) is 0 Å². The molecule has 0 saturated heterocycles. The molecule has 1 N–H and O–H groups in total. The summed E-state index contributed by atoms with van der Waals surface area (Å²) in [4.78, 5) is 0. The standard InChI is InChI=1S/C9H12O2S/c1-11-8-5-3-7(4-6-8)9(10)12-2/h3-6,9-10H,1-2H3. The van der Waals surface area contributed by atoms with Gasteiger partial charge in [0.15, 0.2) is 0 Å². The number of aliphatic hydroxyl groups excluding tert-OH is 1. The third-order valence-corrected chi connectivity index (χ3v) is 2.34. The quantitative estimate of drug-likeness (QED) is 0.729. The first-order chi connectivity index (χ1) is 5.77. The Labute approximate surface area is 76.6 Å². The average Bonchev–Trinajstić information content (AvgIpc) is 2.17. The molecule has 0 amide bonds. The highest BCUT2D eigenvalue weighted by atomic mass is 32.2. The van der Waals surface area contributed by atoms with Gasteiger partial charge in [-0.3, -0.25) is 0 Å². The van der Waals surface area contributed by atoms with Crippen LogP contribution in [0.4, 0.5) is 0 Å². The van der Waals surface area contributed by atoms with Crippen molar-refractivity contribution in [3.05, 3.63) is 29.8 Å². The van der Waals surface area contributed by atoms with Gasteiger partial charge in [-0.1, -0.05) is 12.1 Å². The molecule has 0 bridgehead atoms. The SMILES string of the molecule is COc1ccc(C(O)SC)cc1. The zero-order valence-corrected chi connectivity index (χ0v) is 7.97. The lowest BCUT2D eigenvalue weighted by Gasteiger charge is -2.07. The molecule has 0 aliphatic rings. The van der Waals surface area contributed by atoms with Gasteiger partial charge in [-0.25, -0.2) is 0 Å². The maximum Gasteiger partial charge on any atom is 0.124 e. The highest BCUT2D eigenvalue weighted by molar-refractivity contribution is 7.98. The minimum Gasteiger partial charge on any atom is -0.497 e. The molecule has 1 atom stereocenters. The molecule has 1 aromatic rings. The normalized spacial score (nSPS) is 12.6. The molecule has 66 valence electrons. The zero-order chi connectivity index (χ0) is 8.97. The lowest BCUT2D eigenvalue weighted by molar-refractivity contribution is 0.270. The van der Waals surface area contributed by atoms with Gasteiger partial charge in [0.05, 0.1) is 7.11 Å². The maximum absolute atomic E-state index is 9.42. The van der Waals surface area contributed by atoms with Crippen molar-refractivity contribution in [3.63, 3.8) is 0 Å². The van der Waals surface area contributed by atoms with Gasteiger partial charge < -0.3 is 9.84 Å². The monoisotopic (exact) mass is 184 g/mol. The molecule has 0 aromatic heterocycles. The number of hydrogen-bond donors (Lipinski definition) is 1. The summed E-state index contributed by atoms with van der Waals surface area (Å²) in [5.74, 6) is 0.812. The summed E-state index contributed by atoms with van der Waals surface area (Å²) in [5, 5.41) is 9.42. The fraction of sp³-hybridized carbons (Fsp3) is 0.333. The largest absolute Gasteiger partial charge is 0.497 e. The molecule has 0 spiro atoms. The van der Waals surface area contributed by atoms with Gasteiger partial charge in [0.25, 0.3) is 0 Å². The Balaban J connectivity index is 2.77. The molecule has 1 unspecified atom stereocenters. The van der Waals surface area contributed by atoms with Crippen molar-refractivity contribution in [2.24, 2.45) is 0 Å². The maximum atomic E-state index is 9.42. The predicted octanol–water partition coefficient (Wildman–Crippen LogP) is 2.05. The van der Waals surface area contributed by atoms with Crippen LogP contribution in [0.1, 0.15) is 11.0 Å². The van der Waals surface area contributed by atoms with Crippen LogP contribution in [-0.2, 0) is 0 Å². The highest BCUT2D eigenvalue weighted by Crippen LogP contribution is 2.24. The fourth-order valence-corrected chi connectivity index (χ4v) is 1.33. The minimum absolute atomic E-state index is 0.434. The molecular weight excluding hydrogens is 172 g/mol. The average molecular weight is 184 g/mol. The Morgan fingerprint density at radius 3 is 2.33 bits per heavy atom. The Morgan fingerprint density at radius 2 is 1.92 bits per heavy atom. The van der Waals surface area contributed by atoms with E-state index in [1.807, 2.05) is 30.5 Å². The van der Waals surface area contributed by atoms with Crippen LogP contribution in [0, 0.1) is 0 Å². The highest BCUT2D eigenvalue weighted by Gasteiger charge is 2.03. The summed E-state index contributed by atoms with van der Waals surface area (Å²) >= 11 is 1.41. The summed E-state index contributed by atoms with van der Waals surface area (Å²) in [5.41, 5.74) is 0.471. The smallest absolute Gasteiger partial charge is 0.124 e. The summed E-state index contributed by atoms with van der Waals surface area (Å²) in [6.45, 7) is 0. The summed E-state index contributed by atoms with van der Waals surface area (Å²) in [6, 6.07) is 7.41. The Bertz CT molecular complexity index is 233. The molecule has 0 radical (unpaired) electrons. The van der Waals surface area contributed by atoms with Crippen molar-refractivity contribution in [2.75, 3.05) is 13.4 Å². The summed E-state index contributed by atoms with van der Waals surface area (Å²) < 4.78 is 4.99. The van der Waals surface area contributed by atoms with Gasteiger partial charge in [0.1, 0.15) is 11.2 Å². The second-order valence-corrected chi connectivity index (χ2v) is 3.28. The minimum atomic E-state index is -0.434. The second kappa shape index (κ2) is 4.38. The first kappa shape index (κ1) is 9.42. The molecule has 0 aliphatic heterocycles. The van der Waals surface area contributed by atoms with Crippen molar-refractivity contribution >= 4 is 11.8 Å². The van der Waals surface area contributed by atoms with Gasteiger partial charge in [-0.05, 0) is 24.0 Å². The molecule has 0 aliphatic carbocycles. The van der Waals surface area contributed by atoms with Crippen LogP contribution in [0.25, 0.3) is 0 Å². The lowest BCUT2D eigenvalue weighted by atomic mass is 10.2. The molecule has 12 heavy (non-hydrogen) atoms. The van der Waals surface area contributed by atoms with Gasteiger partial charge >= 0.3 is 0 Å². The number of benzene rings is 1. The van der Waals surface area contributed by atoms with Crippen molar-refractivity contribution in [1.29, 1.82) is 0 Å². The van der Waals surface area contributed by atoms with Crippen LogP contribution in [-0.4, -0.2) is 18.5 Å². The van der Waals surface area contributed by atoms with E-state index in [1.54, 1.807) is 7.11 Å². The fourth-order valence-electron chi connectivity index (χ4n) is 0.905. The van der Waals surface area contributed by atoms with Gasteiger partial charge in [0, 0.05) is 0 Å². The van der Waals surface area contributed by atoms with E-state index < -0.39 is 5.44 Å². The van der Waals surface area contributed by atoms with Gasteiger partial charge in [-0.15, -0.1) is 11.8 Å². The summed E-state index contributed by atoms with van der Waals surface area (Å²) in [7, 11) is 1.63. The van der Waals surface area contributed by atoms with E-state index >= 15 is 0 Å². The Hall–Kier alpha value is -0.670. The molecule has 1 rings (SSSR count). The number of hydrogen-bond acceptors (Lipinski definition) is 3. The van der Waals surface area contributed by atoms with E-state index in [9.17, 15) is 5.11 Å². The van der Waals surface area contributed by atoms with E-state index in [0.717, 1.165) is 11.3 Å². The molecule has 1 aromatic carbocycles. The number of thioether (sulfide) groups is 1. The van der Waals surface area contributed by atoms with Crippen molar-refractivity contribution in [2.45, 2.75) is 5.44 Å². The molecular formula is C9H12O2S. The Kier molecular flexibility index (Phi) is 3.44. The number of rotatable bonds is 3. The molecule has 0 heterocycles. The Morgan fingerprint density at radius 1 is 1.33 bits per heavy atom. The third-order valence-electron chi connectivity index (χ3n) is 1.62. The van der Waals surface area contributed by atoms with E-state index in [1.165, 1.54) is 11.8 Å². The topological polar surface area (TPSA) is 29.5 Å². The zero-order valence-electron chi connectivity index (χ0n) is 7.15. The van der Waals surface area contributed by atoms with Crippen molar-refractivity contribution < 1.29 is 9.84 Å². The van der Waals surface area contributed by atoms with Gasteiger partial charge in [-0.2, -0.15) is 0 Å². The van der Waals surface area contributed by atoms with Crippen LogP contribution in [0.5, 0.6) is 5.75 Å². The second-order valence-electron chi connectivity index (χ2n) is 2.36. The third kappa shape index (κ3) is 2.16. The predicted molar refractivity (Wildman–Crippen MR) is 51.5 cm³/mol. The molecule has 0 fully saturated rings. The number of methoxy groups -OCH3 is 1. The lowest BCUT2D eigenvalue weighted by Crippen LogP contribution is -1.90.